The quantitative estimate of drug-likeness (QED) is 0.173. The van der Waals surface area contributed by atoms with E-state index in [4.69, 9.17) is 24.7 Å². The van der Waals surface area contributed by atoms with Gasteiger partial charge in [-0.2, -0.15) is 0 Å². The maximum Gasteiger partial charge on any atom is 0.0629 e. The fraction of sp³-hybridized carbons (Fsp3) is 0. The van der Waals surface area contributed by atoms with E-state index in [1.165, 1.54) is 0 Å². The molecule has 0 unspecified atom stereocenters. The largest absolute Gasteiger partial charge is 0.0629 e. The highest BCUT2D eigenvalue weighted by Gasteiger charge is 2.20. The third-order valence-corrected chi connectivity index (χ3v) is 7.38. The van der Waals surface area contributed by atoms with Crippen LogP contribution in [0, 0.1) is 0 Å². The van der Waals surface area contributed by atoms with E-state index in [1.54, 1.807) is 0 Å². The molecule has 0 radical (unpaired) electrons. The molecule has 0 saturated heterocycles. The van der Waals surface area contributed by atoms with Crippen molar-refractivity contribution in [3.63, 3.8) is 0 Å². The molecule has 0 nitrogen and oxygen atoms in total. The van der Waals surface area contributed by atoms with E-state index in [2.05, 4.69) is 0 Å². The highest BCUT2D eigenvalue weighted by molar-refractivity contribution is 6.25. The topological polar surface area (TPSA) is 0 Å². The summed E-state index contributed by atoms with van der Waals surface area (Å²) >= 11 is 0. The van der Waals surface area contributed by atoms with Crippen LogP contribution >= 0.6 is 0 Å². The van der Waals surface area contributed by atoms with Gasteiger partial charge < -0.3 is 0 Å². The maximum absolute atomic E-state index is 9.61. The molecule has 0 spiro atoms. The van der Waals surface area contributed by atoms with Gasteiger partial charge in [0, 0.05) is 0 Å². The van der Waals surface area contributed by atoms with Crippen molar-refractivity contribution in [1.29, 1.82) is 0 Å². The standard InChI is InChI=1S/C46H30/c1-2-15-31(16-3-1)33-19-6-7-21-35(33)36-26-13-28-38-37(36)27-14-30-40(38)46-43-24-10-8-22-41(43)45(42-23-9-11-25-44(42)46)39-29-12-18-32-17-4-5-20-34(32)39/h1-30H/i1D,2D,3D,4D,5D,6D,7D,8D,9D,10D,11D,12D,13D,14D,15D,16D,17D,18D,19D,20D,21D,22D,23D,24D,25D,26D,27D,28D,29D,30D. The van der Waals surface area contributed by atoms with E-state index in [0.29, 0.717) is 0 Å². The van der Waals surface area contributed by atoms with E-state index in [-0.39, 0.29) is 0 Å². The highest BCUT2D eigenvalue weighted by atomic mass is 14.2. The van der Waals surface area contributed by atoms with Gasteiger partial charge in [-0.25, -0.2) is 0 Å². The predicted molar refractivity (Wildman–Crippen MR) is 198 cm³/mol. The first-order chi connectivity index (χ1) is 35.3. The summed E-state index contributed by atoms with van der Waals surface area (Å²) in [5.41, 5.74) is -6.80. The van der Waals surface area contributed by atoms with Gasteiger partial charge in [0.05, 0.1) is 41.1 Å². The molecule has 9 rings (SSSR count). The Bertz CT molecular complexity index is 4160. The molecule has 9 aromatic rings. The second-order valence-electron chi connectivity index (χ2n) is 9.75. The molecular weight excluding hydrogens is 553 g/mol. The molecule has 0 amide bonds. The summed E-state index contributed by atoms with van der Waals surface area (Å²) in [7, 11) is 0. The molecule has 0 heteroatoms. The van der Waals surface area contributed by atoms with E-state index in [9.17, 15) is 16.4 Å². The molecule has 214 valence electrons. The second-order valence-corrected chi connectivity index (χ2v) is 9.75. The van der Waals surface area contributed by atoms with Crippen LogP contribution in [0.1, 0.15) is 41.1 Å². The molecule has 0 aliphatic rings. The van der Waals surface area contributed by atoms with Gasteiger partial charge in [0.1, 0.15) is 0 Å². The molecule has 0 N–H and O–H groups in total. The highest BCUT2D eigenvalue weighted by Crippen LogP contribution is 2.47. The van der Waals surface area contributed by atoms with Gasteiger partial charge in [0.25, 0.3) is 0 Å². The number of hydrogen-bond donors (Lipinski definition) is 0. The Hall–Kier alpha value is -5.98. The Labute approximate surface area is 311 Å². The van der Waals surface area contributed by atoms with E-state index in [0.717, 1.165) is 0 Å². The lowest BCUT2D eigenvalue weighted by molar-refractivity contribution is 1.60. The first-order valence-corrected chi connectivity index (χ1v) is 13.5. The van der Waals surface area contributed by atoms with Gasteiger partial charge in [0.15, 0.2) is 0 Å². The number of hydrogen-bond acceptors (Lipinski definition) is 0. The van der Waals surface area contributed by atoms with Crippen LogP contribution in [0.5, 0.6) is 0 Å². The molecule has 9 aromatic carbocycles. The fourth-order valence-electron chi connectivity index (χ4n) is 5.50. The van der Waals surface area contributed by atoms with E-state index >= 15 is 0 Å². The summed E-state index contributed by atoms with van der Waals surface area (Å²) in [4.78, 5) is 0. The Balaban J connectivity index is 1.67. The zero-order valence-corrected chi connectivity index (χ0v) is 23.0. The van der Waals surface area contributed by atoms with Crippen molar-refractivity contribution >= 4 is 43.1 Å². The SMILES string of the molecule is [2H]c1c([2H])c([2H])c(-c2c([2H])c([2H])c([2H])c([2H])c2-c2c([2H])c([2H])c([2H])c3c(-c4c5c([2H])c([2H])c([2H])c([2H])c5c(-c5c([2H])c([2H])c([2H])c6c([2H])c([2H])c([2H])c([2H])c56)c5c([2H])c([2H])c([2H])c([2H])c45)c([2H])c([2H])c([2H])c23)c([2H])c1[2H]. The molecule has 0 atom stereocenters. The predicted octanol–water partition coefficient (Wildman–Crippen LogP) is 13.0. The van der Waals surface area contributed by atoms with Crippen molar-refractivity contribution in [3.05, 3.63) is 181 Å². The van der Waals surface area contributed by atoms with Crippen molar-refractivity contribution < 1.29 is 41.1 Å². The van der Waals surface area contributed by atoms with Crippen molar-refractivity contribution in [1.82, 2.24) is 0 Å². The molecule has 0 aliphatic carbocycles. The molecular formula is C46H30. The van der Waals surface area contributed by atoms with Crippen LogP contribution in [0.3, 0.4) is 0 Å². The second kappa shape index (κ2) is 10.9. The van der Waals surface area contributed by atoms with Crippen LogP contribution in [-0.2, 0) is 0 Å². The first kappa shape index (κ1) is 10.0. The Kier molecular flexibility index (Phi) is 2.37. The van der Waals surface area contributed by atoms with Gasteiger partial charge >= 0.3 is 0 Å². The van der Waals surface area contributed by atoms with E-state index in [1.807, 2.05) is 0 Å². The molecule has 46 heavy (non-hydrogen) atoms. The van der Waals surface area contributed by atoms with Crippen LogP contribution in [0.4, 0.5) is 0 Å². The average molecular weight is 613 g/mol. The van der Waals surface area contributed by atoms with Crippen molar-refractivity contribution in [2.75, 3.05) is 0 Å². The van der Waals surface area contributed by atoms with Gasteiger partial charge in [-0.05, 0) is 87.6 Å². The summed E-state index contributed by atoms with van der Waals surface area (Å²) in [6.45, 7) is 0. The monoisotopic (exact) mass is 612 g/mol. The molecule has 0 saturated carbocycles. The zero-order valence-electron chi connectivity index (χ0n) is 53.0. The number of fused-ring (bicyclic) bond motifs is 4. The van der Waals surface area contributed by atoms with Crippen LogP contribution in [0.25, 0.3) is 87.6 Å². The van der Waals surface area contributed by atoms with Gasteiger partial charge in [0.2, 0.25) is 0 Å². The van der Waals surface area contributed by atoms with Gasteiger partial charge in [-0.15, -0.1) is 0 Å². The summed E-state index contributed by atoms with van der Waals surface area (Å²) in [5.74, 6) is 0. The van der Waals surface area contributed by atoms with Crippen LogP contribution < -0.4 is 0 Å². The summed E-state index contributed by atoms with van der Waals surface area (Å²) < 4.78 is 271. The lowest BCUT2D eigenvalue weighted by atomic mass is 9.83. The normalized spacial score (nSPS) is 20.6. The third kappa shape index (κ3) is 4.15. The van der Waals surface area contributed by atoms with Crippen LogP contribution in [0.15, 0.2) is 181 Å². The summed E-state index contributed by atoms with van der Waals surface area (Å²) in [5, 5.41) is -6.36. The van der Waals surface area contributed by atoms with Crippen LogP contribution in [-0.4, -0.2) is 0 Å². The van der Waals surface area contributed by atoms with Crippen molar-refractivity contribution in [2.45, 2.75) is 0 Å². The molecule has 0 fully saturated rings. The summed E-state index contributed by atoms with van der Waals surface area (Å²) in [6.07, 6.45) is 0. The van der Waals surface area contributed by atoms with E-state index < -0.39 is 269 Å². The number of rotatable bonds is 4. The fourth-order valence-corrected chi connectivity index (χ4v) is 5.50. The Morgan fingerprint density at radius 3 is 1.24 bits per heavy atom. The minimum atomic E-state index is -1.15. The summed E-state index contributed by atoms with van der Waals surface area (Å²) in [6, 6.07) is -30.8. The molecule has 0 aromatic heterocycles. The lowest BCUT2D eigenvalue weighted by Gasteiger charge is -2.20. The van der Waals surface area contributed by atoms with Gasteiger partial charge in [-0.3, -0.25) is 0 Å². The lowest BCUT2D eigenvalue weighted by Crippen LogP contribution is -1.93. The van der Waals surface area contributed by atoms with Crippen molar-refractivity contribution in [3.8, 4) is 44.5 Å². The number of benzene rings is 9. The smallest absolute Gasteiger partial charge is 0.0622 e. The maximum atomic E-state index is 9.61. The minimum Gasteiger partial charge on any atom is -0.0622 e. The molecule has 0 aliphatic heterocycles. The Morgan fingerprint density at radius 2 is 0.609 bits per heavy atom. The third-order valence-electron chi connectivity index (χ3n) is 7.38. The minimum absolute atomic E-state index is 0.666. The van der Waals surface area contributed by atoms with Gasteiger partial charge in [-0.1, -0.05) is 181 Å². The molecule has 0 bridgehead atoms. The average Bonchev–Trinajstić information content (AvgIpc) is 3.39. The van der Waals surface area contributed by atoms with Crippen molar-refractivity contribution in [2.24, 2.45) is 0 Å². The van der Waals surface area contributed by atoms with Crippen LogP contribution in [0.2, 0.25) is 0 Å². The zero-order chi connectivity index (χ0) is 56.6. The molecule has 0 heterocycles. The first-order valence-electron chi connectivity index (χ1n) is 28.5. The Morgan fingerprint density at radius 1 is 0.239 bits per heavy atom.